The summed E-state index contributed by atoms with van der Waals surface area (Å²) in [5.41, 5.74) is 1.86. The van der Waals surface area contributed by atoms with E-state index in [0.29, 0.717) is 17.0 Å². The Kier molecular flexibility index (Phi) is 5.52. The molecule has 2 aromatic heterocycles. The van der Waals surface area contributed by atoms with Crippen LogP contribution in [0.4, 0.5) is 0 Å². The molecule has 3 heterocycles. The van der Waals surface area contributed by atoms with Gasteiger partial charge in [0.05, 0.1) is 17.6 Å². The molecular weight excluding hydrogens is 372 g/mol. The molecule has 4 rings (SSSR count). The van der Waals surface area contributed by atoms with Crippen LogP contribution in [0.3, 0.4) is 0 Å². The van der Waals surface area contributed by atoms with Crippen molar-refractivity contribution < 1.29 is 9.21 Å². The number of hydrogen-bond donors (Lipinski definition) is 0. The summed E-state index contributed by atoms with van der Waals surface area (Å²) in [5.74, 6) is 2.04. The summed E-state index contributed by atoms with van der Waals surface area (Å²) in [7, 11) is 0. The second-order valence-electron chi connectivity index (χ2n) is 7.09. The van der Waals surface area contributed by atoms with Gasteiger partial charge in [-0.3, -0.25) is 9.36 Å². The maximum atomic E-state index is 12.8. The van der Waals surface area contributed by atoms with Crippen molar-refractivity contribution in [2.45, 2.75) is 44.3 Å². The summed E-state index contributed by atoms with van der Waals surface area (Å²) >= 11 is 1.44. The molecule has 1 aliphatic heterocycles. The molecule has 0 radical (unpaired) electrons. The molecule has 0 spiro atoms. The Morgan fingerprint density at radius 1 is 1.21 bits per heavy atom. The minimum atomic E-state index is 0.167. The van der Waals surface area contributed by atoms with Crippen molar-refractivity contribution in [1.29, 1.82) is 0 Å². The molecule has 1 unspecified atom stereocenters. The van der Waals surface area contributed by atoms with E-state index in [1.807, 2.05) is 52.8 Å². The van der Waals surface area contributed by atoms with Crippen molar-refractivity contribution in [3.8, 4) is 17.1 Å². The van der Waals surface area contributed by atoms with Crippen LogP contribution in [0.2, 0.25) is 0 Å². The number of piperidine rings is 1. The normalized spacial score (nSPS) is 17.1. The van der Waals surface area contributed by atoms with E-state index < -0.39 is 0 Å². The Bertz CT molecular complexity index is 950. The van der Waals surface area contributed by atoms with Crippen LogP contribution in [0.1, 0.15) is 31.9 Å². The Hall–Kier alpha value is -2.54. The summed E-state index contributed by atoms with van der Waals surface area (Å²) in [6.45, 7) is 4.90. The summed E-state index contributed by atoms with van der Waals surface area (Å²) in [6.07, 6.45) is 5.03. The molecule has 0 saturated carbocycles. The summed E-state index contributed by atoms with van der Waals surface area (Å²) in [5, 5.41) is 9.51. The van der Waals surface area contributed by atoms with Gasteiger partial charge in [-0.1, -0.05) is 30.0 Å². The average molecular weight is 397 g/mol. The van der Waals surface area contributed by atoms with Crippen LogP contribution in [-0.2, 0) is 4.79 Å². The fourth-order valence-corrected chi connectivity index (χ4v) is 4.48. The zero-order valence-electron chi connectivity index (χ0n) is 16.2. The van der Waals surface area contributed by atoms with E-state index in [4.69, 9.17) is 4.42 Å². The van der Waals surface area contributed by atoms with Gasteiger partial charge in [0.15, 0.2) is 11.0 Å². The van der Waals surface area contributed by atoms with E-state index in [2.05, 4.69) is 17.1 Å². The van der Waals surface area contributed by atoms with E-state index in [0.717, 1.165) is 42.2 Å². The monoisotopic (exact) mass is 396 g/mol. The van der Waals surface area contributed by atoms with Crippen LogP contribution < -0.4 is 0 Å². The molecular formula is C21H24N4O2S. The Morgan fingerprint density at radius 2 is 2.04 bits per heavy atom. The van der Waals surface area contributed by atoms with Crippen LogP contribution in [0, 0.1) is 6.92 Å². The number of thioether (sulfide) groups is 1. The lowest BCUT2D eigenvalue weighted by molar-refractivity contribution is -0.131. The lowest BCUT2D eigenvalue weighted by Gasteiger charge is -2.33. The molecule has 1 fully saturated rings. The number of aromatic nitrogens is 3. The number of para-hydroxylation sites is 1. The van der Waals surface area contributed by atoms with Crippen LogP contribution in [0.5, 0.6) is 0 Å². The van der Waals surface area contributed by atoms with Gasteiger partial charge in [-0.05, 0) is 51.3 Å². The number of nitrogens with zero attached hydrogens (tertiary/aromatic N) is 4. The molecule has 6 nitrogen and oxygen atoms in total. The van der Waals surface area contributed by atoms with Gasteiger partial charge in [-0.15, -0.1) is 10.2 Å². The molecule has 28 heavy (non-hydrogen) atoms. The first-order valence-corrected chi connectivity index (χ1v) is 10.6. The fourth-order valence-electron chi connectivity index (χ4n) is 3.64. The molecule has 1 atom stereocenters. The molecule has 1 saturated heterocycles. The largest absolute Gasteiger partial charge is 0.469 e. The lowest BCUT2D eigenvalue weighted by atomic mass is 10.0. The quantitative estimate of drug-likeness (QED) is 0.601. The van der Waals surface area contributed by atoms with Crippen LogP contribution >= 0.6 is 11.8 Å². The number of carbonyl (C=O) groups is 1. The van der Waals surface area contributed by atoms with Gasteiger partial charge in [0, 0.05) is 18.3 Å². The van der Waals surface area contributed by atoms with Crippen LogP contribution in [0.25, 0.3) is 17.1 Å². The maximum absolute atomic E-state index is 12.8. The maximum Gasteiger partial charge on any atom is 0.233 e. The Morgan fingerprint density at radius 3 is 2.75 bits per heavy atom. The van der Waals surface area contributed by atoms with Gasteiger partial charge < -0.3 is 9.32 Å². The highest BCUT2D eigenvalue weighted by Crippen LogP contribution is 2.30. The topological polar surface area (TPSA) is 64.2 Å². The highest BCUT2D eigenvalue weighted by molar-refractivity contribution is 7.99. The molecule has 146 valence electrons. The second-order valence-corrected chi connectivity index (χ2v) is 8.03. The number of likely N-dealkylation sites (tertiary alicyclic amines) is 1. The highest BCUT2D eigenvalue weighted by atomic mass is 32.2. The number of carbonyl (C=O) groups excluding carboxylic acids is 1. The van der Waals surface area contributed by atoms with Crippen molar-refractivity contribution in [3.05, 3.63) is 48.4 Å². The summed E-state index contributed by atoms with van der Waals surface area (Å²) < 4.78 is 7.46. The number of rotatable bonds is 5. The first-order chi connectivity index (χ1) is 13.6. The number of amides is 1. The first kappa shape index (κ1) is 18.8. The zero-order valence-corrected chi connectivity index (χ0v) is 17.0. The highest BCUT2D eigenvalue weighted by Gasteiger charge is 2.25. The first-order valence-electron chi connectivity index (χ1n) is 9.62. The van der Waals surface area contributed by atoms with Gasteiger partial charge in [0.1, 0.15) is 5.76 Å². The van der Waals surface area contributed by atoms with Gasteiger partial charge in [0.25, 0.3) is 0 Å². The SMILES string of the molecule is Cc1occc1-c1nnc(SCC(=O)N2CCCCC2C)n1-c1ccccc1. The van der Waals surface area contributed by atoms with Gasteiger partial charge >= 0.3 is 0 Å². The number of aryl methyl sites for hydroxylation is 1. The third kappa shape index (κ3) is 3.71. The van der Waals surface area contributed by atoms with Gasteiger partial charge in [-0.25, -0.2) is 0 Å². The molecule has 1 aliphatic rings. The molecule has 7 heteroatoms. The predicted octanol–water partition coefficient (Wildman–Crippen LogP) is 4.33. The fraction of sp³-hybridized carbons (Fsp3) is 0.381. The van der Waals surface area contributed by atoms with Crippen molar-refractivity contribution in [3.63, 3.8) is 0 Å². The molecule has 1 aromatic carbocycles. The lowest BCUT2D eigenvalue weighted by Crippen LogP contribution is -2.42. The molecule has 1 amide bonds. The van der Waals surface area contributed by atoms with E-state index in [1.165, 1.54) is 18.2 Å². The zero-order chi connectivity index (χ0) is 19.5. The van der Waals surface area contributed by atoms with Crippen LogP contribution in [-0.4, -0.2) is 43.9 Å². The van der Waals surface area contributed by atoms with Crippen molar-refractivity contribution in [2.24, 2.45) is 0 Å². The van der Waals surface area contributed by atoms with Gasteiger partial charge in [-0.2, -0.15) is 0 Å². The molecule has 0 aliphatic carbocycles. The smallest absolute Gasteiger partial charge is 0.233 e. The van der Waals surface area contributed by atoms with Crippen molar-refractivity contribution in [2.75, 3.05) is 12.3 Å². The van der Waals surface area contributed by atoms with Crippen molar-refractivity contribution in [1.82, 2.24) is 19.7 Å². The Balaban J connectivity index is 1.61. The third-order valence-electron chi connectivity index (χ3n) is 5.20. The Labute approximate surface area is 168 Å². The minimum Gasteiger partial charge on any atom is -0.469 e. The number of furan rings is 1. The van der Waals surface area contributed by atoms with Gasteiger partial charge in [0.2, 0.25) is 5.91 Å². The van der Waals surface area contributed by atoms with E-state index >= 15 is 0 Å². The third-order valence-corrected chi connectivity index (χ3v) is 6.11. The van der Waals surface area contributed by atoms with E-state index in [9.17, 15) is 4.79 Å². The second kappa shape index (κ2) is 8.22. The van der Waals surface area contributed by atoms with Crippen molar-refractivity contribution >= 4 is 17.7 Å². The molecule has 0 N–H and O–H groups in total. The molecule has 0 bridgehead atoms. The average Bonchev–Trinajstić information content (AvgIpc) is 3.32. The number of hydrogen-bond acceptors (Lipinski definition) is 5. The van der Waals surface area contributed by atoms with E-state index in [-0.39, 0.29) is 5.91 Å². The predicted molar refractivity (Wildman–Crippen MR) is 110 cm³/mol. The standard InChI is InChI=1S/C21H24N4O2S/c1-15-8-6-7-12-24(15)19(26)14-28-21-23-22-20(18-11-13-27-16(18)2)25(21)17-9-4-3-5-10-17/h3-5,9-11,13,15H,6-8,12,14H2,1-2H3. The summed E-state index contributed by atoms with van der Waals surface area (Å²) in [6, 6.07) is 12.2. The van der Waals surface area contributed by atoms with E-state index in [1.54, 1.807) is 6.26 Å². The number of benzene rings is 1. The summed E-state index contributed by atoms with van der Waals surface area (Å²) in [4.78, 5) is 14.8. The molecule has 3 aromatic rings. The van der Waals surface area contributed by atoms with Crippen LogP contribution in [0.15, 0.2) is 52.2 Å². The minimum absolute atomic E-state index is 0.167.